The Balaban J connectivity index is 1.66. The Morgan fingerprint density at radius 3 is 2.40 bits per heavy atom. The highest BCUT2D eigenvalue weighted by Gasteiger charge is 2.39. The first kappa shape index (κ1) is 21.2. The molecular formula is C26H36N2O2. The molecule has 3 atom stereocenters. The lowest BCUT2D eigenvalue weighted by Crippen LogP contribution is -2.54. The van der Waals surface area contributed by atoms with Crippen LogP contribution < -0.4 is 9.64 Å². The van der Waals surface area contributed by atoms with E-state index in [9.17, 15) is 5.11 Å². The monoisotopic (exact) mass is 408 g/mol. The number of hydrogen-bond acceptors (Lipinski definition) is 4. The molecule has 0 amide bonds. The maximum atomic E-state index is 11.9. The molecule has 2 aromatic rings. The number of nitrogens with zero attached hydrogens (tertiary/aromatic N) is 2. The molecular weight excluding hydrogens is 372 g/mol. The molecule has 4 heteroatoms. The second kappa shape index (κ2) is 9.84. The summed E-state index contributed by atoms with van der Waals surface area (Å²) in [7, 11) is 0. The molecule has 3 unspecified atom stereocenters. The fourth-order valence-corrected chi connectivity index (χ4v) is 4.98. The fraction of sp³-hybridized carbons (Fsp3) is 0.538. The highest BCUT2D eigenvalue weighted by atomic mass is 16.5. The molecule has 2 heterocycles. The molecule has 1 N–H and O–H groups in total. The highest BCUT2D eigenvalue weighted by Crippen LogP contribution is 2.41. The number of likely N-dealkylation sites (tertiary alicyclic amines) is 1. The molecule has 1 fully saturated rings. The highest BCUT2D eigenvalue weighted by molar-refractivity contribution is 5.62. The van der Waals surface area contributed by atoms with Gasteiger partial charge in [0.2, 0.25) is 0 Å². The van der Waals surface area contributed by atoms with Crippen LogP contribution >= 0.6 is 0 Å². The van der Waals surface area contributed by atoms with Crippen LogP contribution in [0.4, 0.5) is 5.69 Å². The van der Waals surface area contributed by atoms with Crippen molar-refractivity contribution in [2.45, 2.75) is 64.3 Å². The molecule has 1 saturated heterocycles. The SMILES string of the molecule is CC(C)CCCC(C(O)N1c2ccccc2OCC1c1ccccc1)N1CCCC1. The molecule has 4 nitrogen and oxygen atoms in total. The van der Waals surface area contributed by atoms with Gasteiger partial charge in [0.1, 0.15) is 18.6 Å². The number of ether oxygens (including phenoxy) is 1. The van der Waals surface area contributed by atoms with E-state index in [1.807, 2.05) is 24.3 Å². The van der Waals surface area contributed by atoms with E-state index in [1.165, 1.54) is 24.8 Å². The second-order valence-corrected chi connectivity index (χ2v) is 9.16. The molecule has 0 radical (unpaired) electrons. The zero-order valence-corrected chi connectivity index (χ0v) is 18.4. The number of para-hydroxylation sites is 2. The molecule has 4 rings (SSSR count). The minimum atomic E-state index is -0.564. The van der Waals surface area contributed by atoms with Gasteiger partial charge in [-0.25, -0.2) is 0 Å². The van der Waals surface area contributed by atoms with Crippen LogP contribution in [0, 0.1) is 5.92 Å². The summed E-state index contributed by atoms with van der Waals surface area (Å²) in [4.78, 5) is 4.75. The number of anilines is 1. The van der Waals surface area contributed by atoms with Crippen LogP contribution in [0.25, 0.3) is 0 Å². The van der Waals surface area contributed by atoms with Gasteiger partial charge in [0.25, 0.3) is 0 Å². The summed E-state index contributed by atoms with van der Waals surface area (Å²) < 4.78 is 6.12. The molecule has 2 aliphatic heterocycles. The Hall–Kier alpha value is -2.04. The van der Waals surface area contributed by atoms with Crippen molar-refractivity contribution in [1.29, 1.82) is 0 Å². The van der Waals surface area contributed by atoms with Gasteiger partial charge in [-0.3, -0.25) is 4.90 Å². The van der Waals surface area contributed by atoms with Gasteiger partial charge in [0, 0.05) is 0 Å². The Kier molecular flexibility index (Phi) is 6.96. The Morgan fingerprint density at radius 1 is 0.967 bits per heavy atom. The third-order valence-corrected chi connectivity index (χ3v) is 6.58. The van der Waals surface area contributed by atoms with Gasteiger partial charge >= 0.3 is 0 Å². The summed E-state index contributed by atoms with van der Waals surface area (Å²) in [5, 5.41) is 11.9. The van der Waals surface area contributed by atoms with Crippen molar-refractivity contribution >= 4 is 5.69 Å². The van der Waals surface area contributed by atoms with E-state index in [4.69, 9.17) is 4.74 Å². The first-order chi connectivity index (χ1) is 14.6. The number of aliphatic hydroxyl groups excluding tert-OH is 1. The van der Waals surface area contributed by atoms with Crippen LogP contribution in [-0.2, 0) is 0 Å². The Morgan fingerprint density at radius 2 is 1.67 bits per heavy atom. The number of benzene rings is 2. The van der Waals surface area contributed by atoms with E-state index >= 15 is 0 Å². The average Bonchev–Trinajstić information content (AvgIpc) is 3.30. The van der Waals surface area contributed by atoms with Gasteiger partial charge in [-0.1, -0.05) is 69.2 Å². The van der Waals surface area contributed by atoms with Crippen LogP contribution in [0.3, 0.4) is 0 Å². The van der Waals surface area contributed by atoms with Gasteiger partial charge in [-0.2, -0.15) is 0 Å². The largest absolute Gasteiger partial charge is 0.489 e. The predicted octanol–water partition coefficient (Wildman–Crippen LogP) is 5.24. The van der Waals surface area contributed by atoms with Gasteiger partial charge in [0.05, 0.1) is 17.8 Å². The van der Waals surface area contributed by atoms with Crippen molar-refractivity contribution in [2.24, 2.45) is 5.92 Å². The van der Waals surface area contributed by atoms with Gasteiger partial charge < -0.3 is 14.7 Å². The zero-order chi connectivity index (χ0) is 20.9. The summed E-state index contributed by atoms with van der Waals surface area (Å²) in [5.41, 5.74) is 2.19. The van der Waals surface area contributed by atoms with E-state index in [0.717, 1.165) is 37.4 Å². The van der Waals surface area contributed by atoms with Crippen molar-refractivity contribution in [3.8, 4) is 5.75 Å². The maximum Gasteiger partial charge on any atom is 0.143 e. The first-order valence-electron chi connectivity index (χ1n) is 11.6. The number of fused-ring (bicyclic) bond motifs is 1. The number of aliphatic hydroxyl groups is 1. The van der Waals surface area contributed by atoms with Crippen LogP contribution in [0.5, 0.6) is 5.75 Å². The van der Waals surface area contributed by atoms with Gasteiger partial charge in [0.15, 0.2) is 0 Å². The Labute approximate surface area is 181 Å². The summed E-state index contributed by atoms with van der Waals surface area (Å²) in [6.07, 6.45) is 5.28. The fourth-order valence-electron chi connectivity index (χ4n) is 4.98. The molecule has 0 saturated carbocycles. The normalized spacial score (nSPS) is 21.3. The van der Waals surface area contributed by atoms with E-state index in [1.54, 1.807) is 0 Å². The van der Waals surface area contributed by atoms with E-state index < -0.39 is 6.23 Å². The van der Waals surface area contributed by atoms with E-state index in [-0.39, 0.29) is 12.1 Å². The van der Waals surface area contributed by atoms with Crippen LogP contribution in [0.2, 0.25) is 0 Å². The third-order valence-electron chi connectivity index (χ3n) is 6.58. The second-order valence-electron chi connectivity index (χ2n) is 9.16. The summed E-state index contributed by atoms with van der Waals surface area (Å²) in [5.74, 6) is 1.56. The molecule has 2 aromatic carbocycles. The van der Waals surface area contributed by atoms with E-state index in [0.29, 0.717) is 12.5 Å². The maximum absolute atomic E-state index is 11.9. The average molecular weight is 409 g/mol. The zero-order valence-electron chi connectivity index (χ0n) is 18.4. The summed E-state index contributed by atoms with van der Waals surface area (Å²) >= 11 is 0. The third kappa shape index (κ3) is 4.65. The lowest BCUT2D eigenvalue weighted by molar-refractivity contribution is 0.0386. The minimum absolute atomic E-state index is 0.00584. The number of rotatable bonds is 8. The summed E-state index contributed by atoms with van der Waals surface area (Å²) in [6, 6.07) is 18.8. The number of hydrogen-bond donors (Lipinski definition) is 1. The molecule has 30 heavy (non-hydrogen) atoms. The Bertz CT molecular complexity index is 789. The standard InChI is InChI=1S/C26H36N2O2/c1-20(2)11-10-15-23(27-17-8-9-18-27)26(29)28-22-14-6-7-16-25(22)30-19-24(28)21-12-4-3-5-13-21/h3-7,12-14,16,20,23-24,26,29H,8-11,15,17-19H2,1-2H3. The molecule has 0 bridgehead atoms. The van der Waals surface area contributed by atoms with Gasteiger partial charge in [-0.15, -0.1) is 0 Å². The molecule has 0 aliphatic carbocycles. The van der Waals surface area contributed by atoms with Crippen molar-refractivity contribution in [1.82, 2.24) is 4.90 Å². The van der Waals surface area contributed by atoms with Crippen molar-refractivity contribution in [3.63, 3.8) is 0 Å². The van der Waals surface area contributed by atoms with Crippen LogP contribution in [0.15, 0.2) is 54.6 Å². The lowest BCUT2D eigenvalue weighted by Gasteiger charge is -2.46. The molecule has 0 aromatic heterocycles. The molecule has 0 spiro atoms. The quantitative estimate of drug-likeness (QED) is 0.648. The summed E-state index contributed by atoms with van der Waals surface area (Å²) in [6.45, 7) is 7.30. The van der Waals surface area contributed by atoms with Crippen molar-refractivity contribution in [3.05, 3.63) is 60.2 Å². The van der Waals surface area contributed by atoms with Crippen molar-refractivity contribution in [2.75, 3.05) is 24.6 Å². The first-order valence-corrected chi connectivity index (χ1v) is 11.6. The van der Waals surface area contributed by atoms with Gasteiger partial charge in [-0.05, 0) is 56.0 Å². The lowest BCUT2D eigenvalue weighted by atomic mass is 9.97. The van der Waals surface area contributed by atoms with Crippen LogP contribution in [0.1, 0.15) is 57.6 Å². The molecule has 2 aliphatic rings. The van der Waals surface area contributed by atoms with E-state index in [2.05, 4.69) is 54.0 Å². The van der Waals surface area contributed by atoms with Crippen molar-refractivity contribution < 1.29 is 9.84 Å². The minimum Gasteiger partial charge on any atom is -0.489 e. The molecule has 162 valence electrons. The topological polar surface area (TPSA) is 35.9 Å². The predicted molar refractivity (Wildman–Crippen MR) is 123 cm³/mol. The smallest absolute Gasteiger partial charge is 0.143 e. The van der Waals surface area contributed by atoms with Crippen LogP contribution in [-0.4, -0.2) is 42.0 Å².